The lowest BCUT2D eigenvalue weighted by atomic mass is 9.94. The van der Waals surface area contributed by atoms with E-state index >= 15 is 0 Å². The molecular weight excluding hydrogens is 342 g/mol. The molecular formula is C22H23NO4. The molecule has 140 valence electrons. The fourth-order valence-electron chi connectivity index (χ4n) is 3.37. The maximum absolute atomic E-state index is 12.7. The highest BCUT2D eigenvalue weighted by atomic mass is 16.3. The van der Waals surface area contributed by atoms with Crippen molar-refractivity contribution in [1.82, 2.24) is 4.90 Å². The number of hydrogen-bond acceptors (Lipinski definition) is 4. The van der Waals surface area contributed by atoms with Crippen LogP contribution in [0.3, 0.4) is 0 Å². The summed E-state index contributed by atoms with van der Waals surface area (Å²) in [7, 11) is 0. The van der Waals surface area contributed by atoms with Crippen LogP contribution in [0.4, 0.5) is 0 Å². The molecule has 1 fully saturated rings. The van der Waals surface area contributed by atoms with Gasteiger partial charge in [0.25, 0.3) is 11.7 Å². The Morgan fingerprint density at radius 3 is 2.22 bits per heavy atom. The lowest BCUT2D eigenvalue weighted by molar-refractivity contribution is -0.140. The lowest BCUT2D eigenvalue weighted by Crippen LogP contribution is -2.32. The molecule has 0 saturated carbocycles. The zero-order chi connectivity index (χ0) is 19.6. The third-order valence-electron chi connectivity index (χ3n) is 4.91. The van der Waals surface area contributed by atoms with E-state index in [1.165, 1.54) is 4.90 Å². The molecule has 1 heterocycles. The van der Waals surface area contributed by atoms with Gasteiger partial charge in [-0.15, -0.1) is 0 Å². The van der Waals surface area contributed by atoms with E-state index in [0.29, 0.717) is 5.56 Å². The van der Waals surface area contributed by atoms with Gasteiger partial charge in [0.2, 0.25) is 0 Å². The van der Waals surface area contributed by atoms with E-state index in [1.807, 2.05) is 50.2 Å². The molecule has 1 unspecified atom stereocenters. The van der Waals surface area contributed by atoms with Gasteiger partial charge in [0.05, 0.1) is 18.2 Å². The molecule has 5 nitrogen and oxygen atoms in total. The second-order valence-electron chi connectivity index (χ2n) is 6.68. The fraction of sp³-hybridized carbons (Fsp3) is 0.273. The van der Waals surface area contributed by atoms with E-state index in [-0.39, 0.29) is 24.5 Å². The third-order valence-corrected chi connectivity index (χ3v) is 4.91. The predicted molar refractivity (Wildman–Crippen MR) is 103 cm³/mol. The Kier molecular flexibility index (Phi) is 5.42. The minimum Gasteiger partial charge on any atom is -0.507 e. The Hall–Kier alpha value is -2.92. The maximum atomic E-state index is 12.7. The van der Waals surface area contributed by atoms with Gasteiger partial charge >= 0.3 is 0 Å². The number of benzene rings is 2. The minimum atomic E-state index is -0.730. The summed E-state index contributed by atoms with van der Waals surface area (Å²) in [4.78, 5) is 26.5. The summed E-state index contributed by atoms with van der Waals surface area (Å²) in [6, 6.07) is 14.0. The Labute approximate surface area is 158 Å². The summed E-state index contributed by atoms with van der Waals surface area (Å²) in [6.07, 6.45) is 0.875. The highest BCUT2D eigenvalue weighted by molar-refractivity contribution is 6.46. The van der Waals surface area contributed by atoms with Crippen LogP contribution in [0, 0.1) is 6.92 Å². The number of carbonyl (C=O) groups is 2. The molecule has 0 spiro atoms. The third kappa shape index (κ3) is 3.51. The van der Waals surface area contributed by atoms with Crippen LogP contribution in [0.25, 0.3) is 5.76 Å². The standard InChI is InChI=1S/C22H23NO4/c1-3-15-6-10-16(11-7-15)19-18(21(26)22(27)23(19)12-13-24)20(25)17-8-4-14(2)5-9-17/h4-11,19,24-25H,3,12-13H2,1-2H3/b20-18-. The molecule has 0 bridgehead atoms. The van der Waals surface area contributed by atoms with Crippen molar-refractivity contribution < 1.29 is 19.8 Å². The van der Waals surface area contributed by atoms with E-state index in [2.05, 4.69) is 0 Å². The van der Waals surface area contributed by atoms with Gasteiger partial charge in [0, 0.05) is 12.1 Å². The molecule has 1 aliphatic heterocycles. The molecule has 2 aromatic rings. The maximum Gasteiger partial charge on any atom is 0.295 e. The zero-order valence-corrected chi connectivity index (χ0v) is 15.5. The van der Waals surface area contributed by atoms with Crippen molar-refractivity contribution in [2.75, 3.05) is 13.2 Å². The topological polar surface area (TPSA) is 77.8 Å². The monoisotopic (exact) mass is 365 g/mol. The van der Waals surface area contributed by atoms with Crippen LogP contribution in [-0.4, -0.2) is 40.0 Å². The second-order valence-corrected chi connectivity index (χ2v) is 6.68. The van der Waals surface area contributed by atoms with Crippen LogP contribution in [-0.2, 0) is 16.0 Å². The Morgan fingerprint density at radius 2 is 1.67 bits per heavy atom. The smallest absolute Gasteiger partial charge is 0.295 e. The van der Waals surface area contributed by atoms with Crippen molar-refractivity contribution in [2.45, 2.75) is 26.3 Å². The van der Waals surface area contributed by atoms with E-state index in [1.54, 1.807) is 12.1 Å². The molecule has 0 aromatic heterocycles. The molecule has 1 saturated heterocycles. The van der Waals surface area contributed by atoms with Gasteiger partial charge in [0.15, 0.2) is 0 Å². The van der Waals surface area contributed by atoms with E-state index < -0.39 is 17.7 Å². The first-order valence-corrected chi connectivity index (χ1v) is 9.03. The van der Waals surface area contributed by atoms with Crippen LogP contribution in [0.5, 0.6) is 0 Å². The molecule has 27 heavy (non-hydrogen) atoms. The number of hydrogen-bond donors (Lipinski definition) is 2. The van der Waals surface area contributed by atoms with Crippen molar-refractivity contribution in [2.24, 2.45) is 0 Å². The van der Waals surface area contributed by atoms with Crippen LogP contribution < -0.4 is 0 Å². The molecule has 5 heteroatoms. The van der Waals surface area contributed by atoms with Crippen molar-refractivity contribution in [3.8, 4) is 0 Å². The van der Waals surface area contributed by atoms with Gasteiger partial charge in [-0.3, -0.25) is 9.59 Å². The largest absolute Gasteiger partial charge is 0.507 e. The highest BCUT2D eigenvalue weighted by Crippen LogP contribution is 2.39. The number of β-amino-alcohol motifs (C(OH)–C–C–N with tert-alkyl or cyclic N) is 1. The number of aliphatic hydroxyl groups is 2. The summed E-state index contributed by atoms with van der Waals surface area (Å²) in [6.45, 7) is 3.74. The van der Waals surface area contributed by atoms with Crippen LogP contribution in [0.1, 0.15) is 35.2 Å². The Balaban J connectivity index is 2.15. The summed E-state index contributed by atoms with van der Waals surface area (Å²) in [5, 5.41) is 20.2. The Morgan fingerprint density at radius 1 is 1.04 bits per heavy atom. The number of likely N-dealkylation sites (tertiary alicyclic amines) is 1. The number of carbonyl (C=O) groups excluding carboxylic acids is 2. The van der Waals surface area contributed by atoms with Crippen LogP contribution in [0.2, 0.25) is 0 Å². The molecule has 2 N–H and O–H groups in total. The fourth-order valence-corrected chi connectivity index (χ4v) is 3.37. The van der Waals surface area contributed by atoms with Gasteiger partial charge in [-0.2, -0.15) is 0 Å². The summed E-state index contributed by atoms with van der Waals surface area (Å²) in [5.41, 5.74) is 3.43. The zero-order valence-electron chi connectivity index (χ0n) is 15.5. The quantitative estimate of drug-likeness (QED) is 0.485. The number of ketones is 1. The number of Topliss-reactive ketones (excluding diaryl/α,β-unsaturated/α-hetero) is 1. The molecule has 1 amide bonds. The summed E-state index contributed by atoms with van der Waals surface area (Å²) in [5.74, 6) is -1.63. The van der Waals surface area contributed by atoms with Gasteiger partial charge in [-0.1, -0.05) is 61.0 Å². The SMILES string of the molecule is CCc1ccc(C2/C(=C(/O)c3ccc(C)cc3)C(=O)C(=O)N2CCO)cc1. The molecule has 2 aromatic carbocycles. The first kappa shape index (κ1) is 18.9. The molecule has 1 atom stereocenters. The van der Waals surface area contributed by atoms with Crippen LogP contribution >= 0.6 is 0 Å². The highest BCUT2D eigenvalue weighted by Gasteiger charge is 2.45. The molecule has 0 radical (unpaired) electrons. The van der Waals surface area contributed by atoms with Crippen molar-refractivity contribution in [1.29, 1.82) is 0 Å². The van der Waals surface area contributed by atoms with Gasteiger partial charge in [-0.25, -0.2) is 0 Å². The van der Waals surface area contributed by atoms with Crippen LogP contribution in [0.15, 0.2) is 54.1 Å². The molecule has 3 rings (SSSR count). The van der Waals surface area contributed by atoms with Crippen molar-refractivity contribution in [3.63, 3.8) is 0 Å². The molecule has 1 aliphatic rings. The van der Waals surface area contributed by atoms with E-state index in [4.69, 9.17) is 0 Å². The van der Waals surface area contributed by atoms with E-state index in [9.17, 15) is 19.8 Å². The lowest BCUT2D eigenvalue weighted by Gasteiger charge is -2.24. The van der Waals surface area contributed by atoms with Gasteiger partial charge < -0.3 is 15.1 Å². The average molecular weight is 365 g/mol. The number of amides is 1. The second kappa shape index (κ2) is 7.76. The summed E-state index contributed by atoms with van der Waals surface area (Å²) >= 11 is 0. The van der Waals surface area contributed by atoms with E-state index in [0.717, 1.165) is 23.1 Å². The number of nitrogens with zero attached hydrogens (tertiary/aromatic N) is 1. The first-order chi connectivity index (χ1) is 13.0. The van der Waals surface area contributed by atoms with Crippen molar-refractivity contribution >= 4 is 17.4 Å². The van der Waals surface area contributed by atoms with Gasteiger partial charge in [-0.05, 0) is 24.5 Å². The normalized spacial score (nSPS) is 18.9. The Bertz CT molecular complexity index is 882. The number of aryl methyl sites for hydroxylation is 2. The first-order valence-electron chi connectivity index (χ1n) is 9.03. The minimum absolute atomic E-state index is 0.0233. The van der Waals surface area contributed by atoms with Gasteiger partial charge in [0.1, 0.15) is 5.76 Å². The summed E-state index contributed by atoms with van der Waals surface area (Å²) < 4.78 is 0. The molecule has 0 aliphatic carbocycles. The van der Waals surface area contributed by atoms with Crippen molar-refractivity contribution in [3.05, 3.63) is 76.4 Å². The predicted octanol–water partition coefficient (Wildman–Crippen LogP) is 2.97. The number of rotatable bonds is 5. The average Bonchev–Trinajstić information content (AvgIpc) is 2.93. The number of aliphatic hydroxyl groups excluding tert-OH is 2.